The van der Waals surface area contributed by atoms with Gasteiger partial charge in [0.25, 0.3) is 5.91 Å². The van der Waals surface area contributed by atoms with E-state index in [4.69, 9.17) is 0 Å². The molecule has 2 aromatic heterocycles. The first kappa shape index (κ1) is 17.1. The second-order valence-corrected chi connectivity index (χ2v) is 8.32. The number of nitrogens with zero attached hydrogens (tertiary/aromatic N) is 1. The molecule has 0 aliphatic carbocycles. The van der Waals surface area contributed by atoms with Crippen molar-refractivity contribution < 1.29 is 9.59 Å². The number of para-hydroxylation sites is 1. The van der Waals surface area contributed by atoms with Crippen LogP contribution in [0.1, 0.15) is 38.1 Å². The Labute approximate surface area is 160 Å². The van der Waals surface area contributed by atoms with E-state index in [1.54, 1.807) is 29.5 Å². The molecule has 1 aliphatic heterocycles. The molecule has 4 rings (SSSR count). The number of thiophene rings is 1. The van der Waals surface area contributed by atoms with Crippen LogP contribution in [-0.2, 0) is 12.2 Å². The standard InChI is InChI=1S/C20H18N2O2S2/c1-13(23)14-6-2-3-7-16(14)21-19(24)18-15-8-11-25-12-17(15)26-20(18)22-9-4-5-10-22/h2-7,9-10H,8,11-12H2,1H3,(H,21,24). The quantitative estimate of drug-likeness (QED) is 0.661. The van der Waals surface area contributed by atoms with Gasteiger partial charge in [-0.3, -0.25) is 9.59 Å². The Morgan fingerprint density at radius 1 is 1.12 bits per heavy atom. The number of hydrogen-bond donors (Lipinski definition) is 1. The monoisotopic (exact) mass is 382 g/mol. The van der Waals surface area contributed by atoms with Gasteiger partial charge >= 0.3 is 0 Å². The number of fused-ring (bicyclic) bond motifs is 1. The molecular formula is C20H18N2O2S2. The van der Waals surface area contributed by atoms with E-state index >= 15 is 0 Å². The summed E-state index contributed by atoms with van der Waals surface area (Å²) in [4.78, 5) is 26.3. The summed E-state index contributed by atoms with van der Waals surface area (Å²) < 4.78 is 2.00. The van der Waals surface area contributed by atoms with Gasteiger partial charge in [-0.15, -0.1) is 11.3 Å². The van der Waals surface area contributed by atoms with Gasteiger partial charge in [0.1, 0.15) is 5.00 Å². The van der Waals surface area contributed by atoms with Crippen LogP contribution in [0.2, 0.25) is 0 Å². The number of Topliss-reactive ketones (excluding diaryl/α,β-unsaturated/α-hetero) is 1. The van der Waals surface area contributed by atoms with Crippen LogP contribution in [-0.4, -0.2) is 22.0 Å². The highest BCUT2D eigenvalue weighted by Gasteiger charge is 2.26. The van der Waals surface area contributed by atoms with Crippen LogP contribution >= 0.6 is 23.1 Å². The number of benzene rings is 1. The lowest BCUT2D eigenvalue weighted by Gasteiger charge is -2.14. The summed E-state index contributed by atoms with van der Waals surface area (Å²) in [5, 5.41) is 3.92. The van der Waals surface area contributed by atoms with Gasteiger partial charge in [-0.05, 0) is 48.9 Å². The van der Waals surface area contributed by atoms with Crippen molar-refractivity contribution in [3.05, 3.63) is 70.4 Å². The normalized spacial score (nSPS) is 13.3. The maximum Gasteiger partial charge on any atom is 0.258 e. The van der Waals surface area contributed by atoms with Gasteiger partial charge in [-0.1, -0.05) is 12.1 Å². The Bertz CT molecular complexity index is 974. The average molecular weight is 383 g/mol. The predicted octanol–water partition coefficient (Wildman–Crippen LogP) is 4.78. The third kappa shape index (κ3) is 3.10. The van der Waals surface area contributed by atoms with E-state index < -0.39 is 0 Å². The van der Waals surface area contributed by atoms with Crippen molar-refractivity contribution in [3.63, 3.8) is 0 Å². The van der Waals surface area contributed by atoms with Gasteiger partial charge in [0.05, 0.1) is 11.3 Å². The van der Waals surface area contributed by atoms with Crippen LogP contribution in [0.5, 0.6) is 0 Å². The van der Waals surface area contributed by atoms with E-state index in [9.17, 15) is 9.59 Å². The predicted molar refractivity (Wildman–Crippen MR) is 108 cm³/mol. The van der Waals surface area contributed by atoms with Crippen LogP contribution in [0.25, 0.3) is 5.00 Å². The van der Waals surface area contributed by atoms with Gasteiger partial charge in [-0.2, -0.15) is 11.8 Å². The van der Waals surface area contributed by atoms with Gasteiger partial charge in [0.2, 0.25) is 0 Å². The summed E-state index contributed by atoms with van der Waals surface area (Å²) in [5.41, 5.74) is 2.98. The average Bonchev–Trinajstić information content (AvgIpc) is 3.29. The van der Waals surface area contributed by atoms with Crippen LogP contribution in [0, 0.1) is 0 Å². The minimum absolute atomic E-state index is 0.0599. The minimum atomic E-state index is -0.146. The lowest BCUT2D eigenvalue weighted by molar-refractivity contribution is 0.101. The molecule has 0 unspecified atom stereocenters. The molecule has 1 amide bonds. The number of thioether (sulfide) groups is 1. The lowest BCUT2D eigenvalue weighted by Crippen LogP contribution is -2.18. The third-order valence-electron chi connectivity index (χ3n) is 4.42. The van der Waals surface area contributed by atoms with Crippen LogP contribution < -0.4 is 5.32 Å². The molecule has 0 spiro atoms. The summed E-state index contributed by atoms with van der Waals surface area (Å²) in [6.45, 7) is 1.51. The number of carbonyl (C=O) groups excluding carboxylic acids is 2. The number of anilines is 1. The zero-order chi connectivity index (χ0) is 18.1. The number of amides is 1. The maximum atomic E-state index is 13.2. The number of hydrogen-bond acceptors (Lipinski definition) is 4. The number of rotatable bonds is 4. The summed E-state index contributed by atoms with van der Waals surface area (Å²) in [7, 11) is 0. The van der Waals surface area contributed by atoms with Crippen molar-refractivity contribution in [1.82, 2.24) is 4.57 Å². The Hall–Kier alpha value is -2.31. The molecule has 1 aromatic carbocycles. The third-order valence-corrected chi connectivity index (χ3v) is 6.84. The summed E-state index contributed by atoms with van der Waals surface area (Å²) in [6, 6.07) is 11.1. The van der Waals surface area contributed by atoms with Gasteiger partial charge < -0.3 is 9.88 Å². The van der Waals surface area contributed by atoms with Crippen molar-refractivity contribution >= 4 is 40.5 Å². The minimum Gasteiger partial charge on any atom is -0.321 e. The largest absolute Gasteiger partial charge is 0.321 e. The zero-order valence-corrected chi connectivity index (χ0v) is 16.0. The van der Waals surface area contributed by atoms with E-state index in [2.05, 4.69) is 5.32 Å². The molecule has 4 nitrogen and oxygen atoms in total. The molecule has 0 bridgehead atoms. The molecule has 0 saturated heterocycles. The highest BCUT2D eigenvalue weighted by atomic mass is 32.2. The molecular weight excluding hydrogens is 364 g/mol. The van der Waals surface area contributed by atoms with Crippen molar-refractivity contribution in [2.45, 2.75) is 19.1 Å². The maximum absolute atomic E-state index is 13.2. The number of aromatic nitrogens is 1. The van der Waals surface area contributed by atoms with E-state index in [1.807, 2.05) is 46.9 Å². The van der Waals surface area contributed by atoms with E-state index in [0.717, 1.165) is 34.1 Å². The molecule has 0 saturated carbocycles. The molecule has 0 fully saturated rings. The highest BCUT2D eigenvalue weighted by molar-refractivity contribution is 7.98. The second kappa shape index (κ2) is 7.13. The first-order chi connectivity index (χ1) is 12.6. The van der Waals surface area contributed by atoms with Crippen molar-refractivity contribution in [2.75, 3.05) is 11.1 Å². The molecule has 1 aliphatic rings. The molecule has 0 atom stereocenters. The zero-order valence-electron chi connectivity index (χ0n) is 14.3. The molecule has 132 valence electrons. The SMILES string of the molecule is CC(=O)c1ccccc1NC(=O)c1c(-n2cccc2)sc2c1CCSC2. The Morgan fingerprint density at radius 2 is 1.88 bits per heavy atom. The summed E-state index contributed by atoms with van der Waals surface area (Å²) in [5.74, 6) is 1.77. The van der Waals surface area contributed by atoms with Gasteiger partial charge in [-0.25, -0.2) is 0 Å². The van der Waals surface area contributed by atoms with Crippen molar-refractivity contribution in [2.24, 2.45) is 0 Å². The first-order valence-corrected chi connectivity index (χ1v) is 10.4. The molecule has 0 radical (unpaired) electrons. The van der Waals surface area contributed by atoms with Crippen molar-refractivity contribution in [1.29, 1.82) is 0 Å². The van der Waals surface area contributed by atoms with E-state index in [0.29, 0.717) is 11.3 Å². The number of nitrogens with one attached hydrogen (secondary N) is 1. The lowest BCUT2D eigenvalue weighted by atomic mass is 10.1. The van der Waals surface area contributed by atoms with Gasteiger partial charge in [0.15, 0.2) is 5.78 Å². The van der Waals surface area contributed by atoms with Crippen LogP contribution in [0.15, 0.2) is 48.8 Å². The second-order valence-electron chi connectivity index (χ2n) is 6.13. The first-order valence-electron chi connectivity index (χ1n) is 8.42. The topological polar surface area (TPSA) is 51.1 Å². The van der Waals surface area contributed by atoms with Crippen LogP contribution in [0.3, 0.4) is 0 Å². The fourth-order valence-corrected chi connectivity index (χ4v) is 5.63. The number of carbonyl (C=O) groups is 2. The summed E-state index contributed by atoms with van der Waals surface area (Å²) in [6.07, 6.45) is 4.82. The highest BCUT2D eigenvalue weighted by Crippen LogP contribution is 2.38. The molecule has 3 aromatic rings. The van der Waals surface area contributed by atoms with E-state index in [1.165, 1.54) is 11.8 Å². The molecule has 3 heterocycles. The van der Waals surface area contributed by atoms with Crippen molar-refractivity contribution in [3.8, 4) is 5.00 Å². The fourth-order valence-electron chi connectivity index (χ4n) is 3.19. The smallest absolute Gasteiger partial charge is 0.258 e. The summed E-state index contributed by atoms with van der Waals surface area (Å²) >= 11 is 3.59. The Kier molecular flexibility index (Phi) is 4.70. The van der Waals surface area contributed by atoms with E-state index in [-0.39, 0.29) is 11.7 Å². The van der Waals surface area contributed by atoms with Gasteiger partial charge in [0, 0.05) is 28.6 Å². The molecule has 26 heavy (non-hydrogen) atoms. The Balaban J connectivity index is 1.77. The Morgan fingerprint density at radius 3 is 2.65 bits per heavy atom. The molecule has 1 N–H and O–H groups in total. The van der Waals surface area contributed by atoms with Crippen LogP contribution in [0.4, 0.5) is 5.69 Å². The fraction of sp³-hybridized carbons (Fsp3) is 0.200. The number of ketones is 1. The molecule has 6 heteroatoms.